The first kappa shape index (κ1) is 7.12. The summed E-state index contributed by atoms with van der Waals surface area (Å²) in [6.45, 7) is 3.76. The molecule has 1 rings (SSSR count). The molecular formula is C7H10O3. The molecule has 1 saturated heterocycles. The molecule has 0 saturated carbocycles. The van der Waals surface area contributed by atoms with E-state index in [4.69, 9.17) is 9.47 Å². The summed E-state index contributed by atoms with van der Waals surface area (Å²) in [5.74, 6) is 0.632. The van der Waals surface area contributed by atoms with E-state index in [0.717, 1.165) is 6.42 Å². The number of ether oxygens (including phenoxy) is 2. The summed E-state index contributed by atoms with van der Waals surface area (Å²) in [4.78, 5) is 10.5. The normalized spacial score (nSPS) is 28.4. The number of cyclic esters (lactones) is 2. The van der Waals surface area contributed by atoms with E-state index < -0.39 is 6.16 Å². The summed E-state index contributed by atoms with van der Waals surface area (Å²) in [5.41, 5.74) is 0. The largest absolute Gasteiger partial charge is 0.514 e. The smallest absolute Gasteiger partial charge is 0.422 e. The van der Waals surface area contributed by atoms with Crippen molar-refractivity contribution in [3.63, 3.8) is 0 Å². The van der Waals surface area contributed by atoms with E-state index >= 15 is 0 Å². The van der Waals surface area contributed by atoms with Gasteiger partial charge in [0.05, 0.1) is 0 Å². The molecule has 0 aromatic heterocycles. The molecule has 0 aliphatic carbocycles. The van der Waals surface area contributed by atoms with Crippen LogP contribution >= 0.6 is 0 Å². The van der Waals surface area contributed by atoms with Gasteiger partial charge in [-0.25, -0.2) is 4.79 Å². The van der Waals surface area contributed by atoms with Gasteiger partial charge in [-0.05, 0) is 19.4 Å². The van der Waals surface area contributed by atoms with Gasteiger partial charge in [-0.3, -0.25) is 0 Å². The maximum absolute atomic E-state index is 10.5. The second-order valence-corrected chi connectivity index (χ2v) is 2.06. The molecule has 1 atom stereocenters. The zero-order valence-corrected chi connectivity index (χ0v) is 6.09. The van der Waals surface area contributed by atoms with Gasteiger partial charge in [0, 0.05) is 0 Å². The lowest BCUT2D eigenvalue weighted by atomic mass is 10.2. The number of rotatable bonds is 1. The van der Waals surface area contributed by atoms with Gasteiger partial charge in [0.15, 0.2) is 6.10 Å². The van der Waals surface area contributed by atoms with Crippen LogP contribution in [0.2, 0.25) is 0 Å². The SMILES string of the molecule is C/C=C1/OC(=O)OC1CC. The van der Waals surface area contributed by atoms with Crippen molar-refractivity contribution in [2.75, 3.05) is 0 Å². The van der Waals surface area contributed by atoms with Crippen molar-refractivity contribution >= 4 is 6.16 Å². The topological polar surface area (TPSA) is 35.5 Å². The highest BCUT2D eigenvalue weighted by molar-refractivity contribution is 5.64. The van der Waals surface area contributed by atoms with E-state index in [-0.39, 0.29) is 6.10 Å². The van der Waals surface area contributed by atoms with E-state index in [0.29, 0.717) is 5.76 Å². The Kier molecular flexibility index (Phi) is 1.94. The van der Waals surface area contributed by atoms with Gasteiger partial charge in [0.25, 0.3) is 0 Å². The van der Waals surface area contributed by atoms with Crippen LogP contribution < -0.4 is 0 Å². The molecule has 0 bridgehead atoms. The summed E-state index contributed by atoms with van der Waals surface area (Å²) < 4.78 is 9.50. The Labute approximate surface area is 59.6 Å². The van der Waals surface area contributed by atoms with Crippen LogP contribution in [0.3, 0.4) is 0 Å². The van der Waals surface area contributed by atoms with Crippen molar-refractivity contribution in [3.8, 4) is 0 Å². The van der Waals surface area contributed by atoms with Gasteiger partial charge in [0.2, 0.25) is 0 Å². The van der Waals surface area contributed by atoms with Crippen LogP contribution in [0.5, 0.6) is 0 Å². The fourth-order valence-corrected chi connectivity index (χ4v) is 0.890. The fraction of sp³-hybridized carbons (Fsp3) is 0.571. The zero-order chi connectivity index (χ0) is 7.56. The van der Waals surface area contributed by atoms with Crippen molar-refractivity contribution in [2.45, 2.75) is 26.4 Å². The summed E-state index contributed by atoms with van der Waals surface area (Å²) >= 11 is 0. The maximum atomic E-state index is 10.5. The third kappa shape index (κ3) is 1.12. The molecule has 0 N–H and O–H groups in total. The average Bonchev–Trinajstić information content (AvgIpc) is 2.30. The summed E-state index contributed by atoms with van der Waals surface area (Å²) in [7, 11) is 0. The van der Waals surface area contributed by atoms with E-state index in [9.17, 15) is 4.79 Å². The Bertz CT molecular complexity index is 172. The highest BCUT2D eigenvalue weighted by Crippen LogP contribution is 2.20. The molecule has 1 heterocycles. The Morgan fingerprint density at radius 3 is 2.80 bits per heavy atom. The van der Waals surface area contributed by atoms with Gasteiger partial charge >= 0.3 is 6.16 Å². The quantitative estimate of drug-likeness (QED) is 0.524. The Balaban J connectivity index is 2.67. The Hall–Kier alpha value is -0.990. The minimum atomic E-state index is -0.583. The third-order valence-corrected chi connectivity index (χ3v) is 1.41. The van der Waals surface area contributed by atoms with Crippen molar-refractivity contribution in [2.24, 2.45) is 0 Å². The van der Waals surface area contributed by atoms with Gasteiger partial charge in [-0.2, -0.15) is 0 Å². The first-order valence-corrected chi connectivity index (χ1v) is 3.32. The standard InChI is InChI=1S/C7H10O3/c1-3-5-6(4-2)10-7(8)9-5/h3,6H,4H2,1-2H3/b5-3+. The summed E-state index contributed by atoms with van der Waals surface area (Å²) in [6.07, 6.45) is 1.78. The van der Waals surface area contributed by atoms with Gasteiger partial charge in [-0.1, -0.05) is 6.92 Å². The van der Waals surface area contributed by atoms with Crippen LogP contribution in [0.1, 0.15) is 20.3 Å². The first-order chi connectivity index (χ1) is 4.77. The number of carbonyl (C=O) groups is 1. The van der Waals surface area contributed by atoms with E-state index in [1.807, 2.05) is 13.8 Å². The summed E-state index contributed by atoms with van der Waals surface area (Å²) in [6, 6.07) is 0. The predicted molar refractivity (Wildman–Crippen MR) is 35.4 cm³/mol. The van der Waals surface area contributed by atoms with Gasteiger partial charge < -0.3 is 9.47 Å². The van der Waals surface area contributed by atoms with E-state index in [1.54, 1.807) is 6.08 Å². The molecule has 1 aliphatic heterocycles. The lowest BCUT2D eigenvalue weighted by Crippen LogP contribution is -2.05. The van der Waals surface area contributed by atoms with Crippen molar-refractivity contribution in [1.29, 1.82) is 0 Å². The molecule has 56 valence electrons. The molecule has 1 unspecified atom stereocenters. The minimum Gasteiger partial charge on any atom is -0.422 e. The monoisotopic (exact) mass is 142 g/mol. The predicted octanol–water partition coefficient (Wildman–Crippen LogP) is 1.84. The molecule has 0 amide bonds. The number of hydrogen-bond donors (Lipinski definition) is 0. The minimum absolute atomic E-state index is 0.155. The van der Waals surface area contributed by atoms with Crippen LogP contribution in [0.25, 0.3) is 0 Å². The van der Waals surface area contributed by atoms with Crippen LogP contribution in [0, 0.1) is 0 Å². The first-order valence-electron chi connectivity index (χ1n) is 3.32. The number of hydrogen-bond acceptors (Lipinski definition) is 3. The molecule has 0 radical (unpaired) electrons. The second kappa shape index (κ2) is 2.73. The number of carbonyl (C=O) groups excluding carboxylic acids is 1. The molecular weight excluding hydrogens is 132 g/mol. The zero-order valence-electron chi connectivity index (χ0n) is 6.09. The van der Waals surface area contributed by atoms with Gasteiger partial charge in [-0.15, -0.1) is 0 Å². The molecule has 0 spiro atoms. The molecule has 0 aromatic rings. The average molecular weight is 142 g/mol. The van der Waals surface area contributed by atoms with E-state index in [1.165, 1.54) is 0 Å². The fourth-order valence-electron chi connectivity index (χ4n) is 0.890. The highest BCUT2D eigenvalue weighted by atomic mass is 16.8. The third-order valence-electron chi connectivity index (χ3n) is 1.41. The highest BCUT2D eigenvalue weighted by Gasteiger charge is 2.28. The maximum Gasteiger partial charge on any atom is 0.514 e. The molecule has 10 heavy (non-hydrogen) atoms. The van der Waals surface area contributed by atoms with Crippen LogP contribution in [0.4, 0.5) is 4.79 Å². The molecule has 1 fully saturated rings. The Morgan fingerprint density at radius 1 is 1.70 bits per heavy atom. The van der Waals surface area contributed by atoms with E-state index in [2.05, 4.69) is 0 Å². The molecule has 3 nitrogen and oxygen atoms in total. The van der Waals surface area contributed by atoms with Crippen molar-refractivity contribution < 1.29 is 14.3 Å². The number of allylic oxidation sites excluding steroid dienone is 1. The van der Waals surface area contributed by atoms with Gasteiger partial charge in [0.1, 0.15) is 5.76 Å². The van der Waals surface area contributed by atoms with Crippen molar-refractivity contribution in [1.82, 2.24) is 0 Å². The lowest BCUT2D eigenvalue weighted by Gasteiger charge is -2.00. The Morgan fingerprint density at radius 2 is 2.40 bits per heavy atom. The van der Waals surface area contributed by atoms with Crippen molar-refractivity contribution in [3.05, 3.63) is 11.8 Å². The molecule has 0 aromatic carbocycles. The summed E-state index contributed by atoms with van der Waals surface area (Å²) in [5, 5.41) is 0. The molecule has 1 aliphatic rings. The lowest BCUT2D eigenvalue weighted by molar-refractivity contribution is 0.117. The molecule has 3 heteroatoms. The second-order valence-electron chi connectivity index (χ2n) is 2.06. The van der Waals surface area contributed by atoms with Crippen LogP contribution in [-0.2, 0) is 9.47 Å². The van der Waals surface area contributed by atoms with Crippen LogP contribution in [0.15, 0.2) is 11.8 Å². The van der Waals surface area contributed by atoms with Crippen LogP contribution in [-0.4, -0.2) is 12.3 Å².